The lowest BCUT2D eigenvalue weighted by Gasteiger charge is -2.11. The summed E-state index contributed by atoms with van der Waals surface area (Å²) in [6.45, 7) is 1.37. The minimum Gasteiger partial charge on any atom is -0.394 e. The van der Waals surface area contributed by atoms with Crippen molar-refractivity contribution in [3.63, 3.8) is 0 Å². The van der Waals surface area contributed by atoms with Crippen LogP contribution < -0.4 is 10.6 Å². The summed E-state index contributed by atoms with van der Waals surface area (Å²) in [5, 5.41) is 25.5. The van der Waals surface area contributed by atoms with Crippen LogP contribution in [0.1, 0.15) is 25.8 Å². The summed E-state index contributed by atoms with van der Waals surface area (Å²) in [6, 6.07) is 6.82. The second kappa shape index (κ2) is 6.75. The van der Waals surface area contributed by atoms with Crippen LogP contribution >= 0.6 is 0 Å². The lowest BCUT2D eigenvalue weighted by atomic mass is 10.2. The van der Waals surface area contributed by atoms with Gasteiger partial charge in [-0.25, -0.2) is 4.68 Å². The minimum absolute atomic E-state index is 0.233. The molecule has 9 nitrogen and oxygen atoms in total. The van der Waals surface area contributed by atoms with Gasteiger partial charge in [0, 0.05) is 17.3 Å². The molecule has 24 heavy (non-hydrogen) atoms. The highest BCUT2D eigenvalue weighted by Gasteiger charge is 2.28. The summed E-state index contributed by atoms with van der Waals surface area (Å²) in [5.41, 5.74) is 1.32. The molecule has 1 saturated carbocycles. The smallest absolute Gasteiger partial charge is 0.313 e. The SMILES string of the molecule is C[C@H](CO)NC(=O)C(=O)Nc1ccc(-c2nnnn2C2CC2)cc1. The number of benzene rings is 1. The molecular formula is C15H18N6O3. The van der Waals surface area contributed by atoms with Crippen molar-refractivity contribution in [3.8, 4) is 11.4 Å². The largest absolute Gasteiger partial charge is 0.394 e. The fourth-order valence-electron chi connectivity index (χ4n) is 2.17. The number of hydrogen-bond acceptors (Lipinski definition) is 6. The number of aliphatic hydroxyl groups is 1. The number of amides is 2. The maximum atomic E-state index is 11.8. The molecule has 2 amide bonds. The zero-order valence-electron chi connectivity index (χ0n) is 13.1. The summed E-state index contributed by atoms with van der Waals surface area (Å²) in [4.78, 5) is 23.4. The number of carbonyl (C=O) groups is 2. The molecule has 3 rings (SSSR count). The molecule has 2 aromatic rings. The molecule has 1 atom stereocenters. The van der Waals surface area contributed by atoms with Crippen molar-refractivity contribution in [2.75, 3.05) is 11.9 Å². The van der Waals surface area contributed by atoms with E-state index in [0.29, 0.717) is 17.6 Å². The van der Waals surface area contributed by atoms with Gasteiger partial charge in [-0.05, 0) is 54.5 Å². The normalized spacial score (nSPS) is 14.9. The fourth-order valence-corrected chi connectivity index (χ4v) is 2.17. The van der Waals surface area contributed by atoms with Crippen LogP contribution in [0.3, 0.4) is 0 Å². The van der Waals surface area contributed by atoms with E-state index in [-0.39, 0.29) is 6.61 Å². The Morgan fingerprint density at radius 2 is 2.00 bits per heavy atom. The number of rotatable bonds is 5. The van der Waals surface area contributed by atoms with Gasteiger partial charge in [0.25, 0.3) is 0 Å². The number of nitrogens with one attached hydrogen (secondary N) is 2. The Kier molecular flexibility index (Phi) is 4.52. The Balaban J connectivity index is 1.65. The lowest BCUT2D eigenvalue weighted by molar-refractivity contribution is -0.136. The van der Waals surface area contributed by atoms with Gasteiger partial charge in [-0.1, -0.05) is 0 Å². The predicted octanol–water partition coefficient (Wildman–Crippen LogP) is 0.110. The highest BCUT2D eigenvalue weighted by atomic mass is 16.3. The van der Waals surface area contributed by atoms with Crippen LogP contribution in [0.25, 0.3) is 11.4 Å². The first-order valence-electron chi connectivity index (χ1n) is 7.69. The van der Waals surface area contributed by atoms with E-state index in [1.807, 2.05) is 0 Å². The Bertz CT molecular complexity index is 738. The molecule has 1 aliphatic rings. The first kappa shape index (κ1) is 16.1. The molecule has 1 aliphatic carbocycles. The molecule has 0 aliphatic heterocycles. The van der Waals surface area contributed by atoms with E-state index in [4.69, 9.17) is 5.11 Å². The molecule has 0 saturated heterocycles. The summed E-state index contributed by atoms with van der Waals surface area (Å²) in [6.07, 6.45) is 2.15. The minimum atomic E-state index is -0.793. The highest BCUT2D eigenvalue weighted by Crippen LogP contribution is 2.36. The van der Waals surface area contributed by atoms with Crippen LogP contribution in [0.5, 0.6) is 0 Å². The van der Waals surface area contributed by atoms with Gasteiger partial charge in [0.15, 0.2) is 5.82 Å². The van der Waals surface area contributed by atoms with Crippen LogP contribution in [0.2, 0.25) is 0 Å². The van der Waals surface area contributed by atoms with E-state index >= 15 is 0 Å². The highest BCUT2D eigenvalue weighted by molar-refractivity contribution is 6.39. The molecule has 0 spiro atoms. The summed E-state index contributed by atoms with van der Waals surface area (Å²) in [7, 11) is 0. The second-order valence-electron chi connectivity index (χ2n) is 5.77. The van der Waals surface area contributed by atoms with Crippen LogP contribution in [0.15, 0.2) is 24.3 Å². The molecule has 1 aromatic heterocycles. The molecule has 1 fully saturated rings. The van der Waals surface area contributed by atoms with Crippen molar-refractivity contribution in [1.82, 2.24) is 25.5 Å². The van der Waals surface area contributed by atoms with Crippen molar-refractivity contribution in [2.45, 2.75) is 31.8 Å². The first-order valence-corrected chi connectivity index (χ1v) is 7.69. The van der Waals surface area contributed by atoms with E-state index in [2.05, 4.69) is 26.2 Å². The maximum Gasteiger partial charge on any atom is 0.313 e. The first-order chi connectivity index (χ1) is 11.6. The number of anilines is 1. The standard InChI is InChI=1S/C15H18N6O3/c1-9(8-22)16-14(23)15(24)17-11-4-2-10(3-5-11)13-18-19-20-21(13)12-6-7-12/h2-5,9,12,22H,6-8H2,1H3,(H,16,23)(H,17,24)/t9-/m1/s1. The van der Waals surface area contributed by atoms with Crippen molar-refractivity contribution < 1.29 is 14.7 Å². The van der Waals surface area contributed by atoms with E-state index in [1.165, 1.54) is 0 Å². The zero-order chi connectivity index (χ0) is 17.1. The van der Waals surface area contributed by atoms with Crippen LogP contribution in [-0.4, -0.2) is 49.8 Å². The molecule has 9 heteroatoms. The van der Waals surface area contributed by atoms with Crippen LogP contribution in [-0.2, 0) is 9.59 Å². The van der Waals surface area contributed by atoms with E-state index in [0.717, 1.165) is 18.4 Å². The molecule has 1 aromatic carbocycles. The maximum absolute atomic E-state index is 11.8. The number of tetrazole rings is 1. The third-order valence-corrected chi connectivity index (χ3v) is 3.64. The molecule has 0 bridgehead atoms. The molecule has 0 radical (unpaired) electrons. The molecular weight excluding hydrogens is 312 g/mol. The van der Waals surface area contributed by atoms with Gasteiger partial charge >= 0.3 is 11.8 Å². The van der Waals surface area contributed by atoms with E-state index in [1.54, 1.807) is 35.9 Å². The zero-order valence-corrected chi connectivity index (χ0v) is 13.1. The molecule has 126 valence electrons. The van der Waals surface area contributed by atoms with Crippen molar-refractivity contribution in [1.29, 1.82) is 0 Å². The van der Waals surface area contributed by atoms with Crippen molar-refractivity contribution in [2.24, 2.45) is 0 Å². The second-order valence-corrected chi connectivity index (χ2v) is 5.77. The number of nitrogens with zero attached hydrogens (tertiary/aromatic N) is 4. The van der Waals surface area contributed by atoms with Gasteiger partial charge in [-0.3, -0.25) is 9.59 Å². The average Bonchev–Trinajstić information content (AvgIpc) is 3.32. The Morgan fingerprint density at radius 3 is 2.62 bits per heavy atom. The molecule has 3 N–H and O–H groups in total. The number of aliphatic hydroxyl groups excluding tert-OH is 1. The quantitative estimate of drug-likeness (QED) is 0.669. The van der Waals surface area contributed by atoms with Gasteiger partial charge in [0.1, 0.15) is 0 Å². The van der Waals surface area contributed by atoms with Gasteiger partial charge in [0.2, 0.25) is 0 Å². The van der Waals surface area contributed by atoms with Gasteiger partial charge in [-0.2, -0.15) is 0 Å². The monoisotopic (exact) mass is 330 g/mol. The Labute approximate surface area is 138 Å². The molecule has 0 unspecified atom stereocenters. The Hall–Kier alpha value is -2.81. The van der Waals surface area contributed by atoms with E-state index < -0.39 is 17.9 Å². The Morgan fingerprint density at radius 1 is 1.29 bits per heavy atom. The van der Waals surface area contributed by atoms with Gasteiger partial charge in [0.05, 0.1) is 12.6 Å². The van der Waals surface area contributed by atoms with E-state index in [9.17, 15) is 9.59 Å². The van der Waals surface area contributed by atoms with Crippen LogP contribution in [0.4, 0.5) is 5.69 Å². The number of hydrogen-bond donors (Lipinski definition) is 3. The van der Waals surface area contributed by atoms with Crippen molar-refractivity contribution in [3.05, 3.63) is 24.3 Å². The predicted molar refractivity (Wildman–Crippen MR) is 84.8 cm³/mol. The summed E-state index contributed by atoms with van der Waals surface area (Å²) in [5.74, 6) is -0.894. The molecule has 1 heterocycles. The summed E-state index contributed by atoms with van der Waals surface area (Å²) >= 11 is 0. The van der Waals surface area contributed by atoms with Crippen LogP contribution in [0, 0.1) is 0 Å². The third kappa shape index (κ3) is 3.57. The van der Waals surface area contributed by atoms with Gasteiger partial charge < -0.3 is 15.7 Å². The average molecular weight is 330 g/mol. The number of carbonyl (C=O) groups excluding carboxylic acids is 2. The topological polar surface area (TPSA) is 122 Å². The lowest BCUT2D eigenvalue weighted by Crippen LogP contribution is -2.42. The van der Waals surface area contributed by atoms with Crippen molar-refractivity contribution >= 4 is 17.5 Å². The third-order valence-electron chi connectivity index (χ3n) is 3.64. The number of aromatic nitrogens is 4. The summed E-state index contributed by atoms with van der Waals surface area (Å²) < 4.78 is 1.80. The van der Waals surface area contributed by atoms with Gasteiger partial charge in [-0.15, -0.1) is 5.10 Å². The fraction of sp³-hybridized carbons (Fsp3) is 0.400.